The van der Waals surface area contributed by atoms with Gasteiger partial charge in [-0.1, -0.05) is 68.3 Å². The van der Waals surface area contributed by atoms with Gasteiger partial charge in [-0.05, 0) is 24.3 Å². The molecule has 8 heteroatoms. The van der Waals surface area contributed by atoms with Crippen LogP contribution in [0.2, 0.25) is 20.1 Å². The molecular formula is C12H4B2Br2Cl4. The molecule has 0 aromatic heterocycles. The summed E-state index contributed by atoms with van der Waals surface area (Å²) in [5.41, 5.74) is 4.32. The quantitative estimate of drug-likeness (QED) is 0.515. The molecule has 0 atom stereocenters. The Hall–Kier alpha value is 0.690. The Morgan fingerprint density at radius 3 is 0.950 bits per heavy atom. The van der Waals surface area contributed by atoms with Gasteiger partial charge in [-0.15, -0.1) is 31.5 Å². The van der Waals surface area contributed by atoms with Crippen LogP contribution in [0.5, 0.6) is 0 Å². The summed E-state index contributed by atoms with van der Waals surface area (Å²) in [4.78, 5) is 0. The van der Waals surface area contributed by atoms with Crippen molar-refractivity contribution >= 4 is 111 Å². The zero-order valence-electron chi connectivity index (χ0n) is 9.73. The van der Waals surface area contributed by atoms with Crippen molar-refractivity contribution < 1.29 is 0 Å². The Morgan fingerprint density at radius 2 is 0.750 bits per heavy atom. The third-order valence-corrected chi connectivity index (χ3v) is 6.76. The number of fused-ring (bicyclic) bond motifs is 2. The van der Waals surface area contributed by atoms with Crippen LogP contribution in [0.15, 0.2) is 24.3 Å². The molecular weight excluding hydrogens is 467 g/mol. The van der Waals surface area contributed by atoms with Gasteiger partial charge in [0.2, 0.25) is 0 Å². The second kappa shape index (κ2) is 5.72. The Kier molecular flexibility index (Phi) is 4.45. The van der Waals surface area contributed by atoms with E-state index < -0.39 is 0 Å². The lowest BCUT2D eigenvalue weighted by Gasteiger charge is -2.26. The highest BCUT2D eigenvalue weighted by Gasteiger charge is 2.35. The van der Waals surface area contributed by atoms with Gasteiger partial charge < -0.3 is 0 Å². The van der Waals surface area contributed by atoms with Crippen LogP contribution >= 0.6 is 77.9 Å². The molecule has 0 aliphatic carbocycles. The molecule has 0 unspecified atom stereocenters. The van der Waals surface area contributed by atoms with Gasteiger partial charge in [-0.2, -0.15) is 0 Å². The lowest BCUT2D eigenvalue weighted by molar-refractivity contribution is 1.76. The summed E-state index contributed by atoms with van der Waals surface area (Å²) < 4.78 is 0. The normalized spacial score (nSPS) is 13.3. The first-order valence-corrected chi connectivity index (χ1v) is 9.00. The third kappa shape index (κ3) is 2.47. The first-order chi connectivity index (χ1) is 9.40. The highest BCUT2D eigenvalue weighted by atomic mass is 79.9. The maximum Gasteiger partial charge on any atom is 0.286 e. The minimum atomic E-state index is 0.00540. The zero-order valence-corrected chi connectivity index (χ0v) is 15.9. The van der Waals surface area contributed by atoms with E-state index in [0.717, 1.165) is 21.9 Å². The summed E-state index contributed by atoms with van der Waals surface area (Å²) in [6.45, 7) is 0. The smallest absolute Gasteiger partial charge is 0.143 e. The van der Waals surface area contributed by atoms with Crippen molar-refractivity contribution in [3.63, 3.8) is 0 Å². The molecule has 2 aromatic rings. The van der Waals surface area contributed by atoms with E-state index in [2.05, 4.69) is 31.5 Å². The minimum Gasteiger partial charge on any atom is -0.143 e. The molecule has 1 aliphatic rings. The number of hydrogen-bond acceptors (Lipinski definition) is 0. The molecule has 0 nitrogen and oxygen atoms in total. The van der Waals surface area contributed by atoms with Gasteiger partial charge in [0, 0.05) is 0 Å². The van der Waals surface area contributed by atoms with Crippen LogP contribution in [0.25, 0.3) is 0 Å². The molecule has 0 spiro atoms. The highest BCUT2D eigenvalue weighted by molar-refractivity contribution is 9.26. The Balaban J connectivity index is 2.27. The SMILES string of the molecule is Clc1cc2c(cc1Cl)B(Br)c1cc(Cl)c(Cl)cc1B2Br. The summed E-state index contributed by atoms with van der Waals surface area (Å²) >= 11 is 31.9. The molecule has 0 saturated heterocycles. The Morgan fingerprint density at radius 1 is 0.550 bits per heavy atom. The number of hydrogen-bond donors (Lipinski definition) is 0. The summed E-state index contributed by atoms with van der Waals surface area (Å²) in [5, 5.41) is 2.16. The van der Waals surface area contributed by atoms with Crippen molar-refractivity contribution in [2.45, 2.75) is 0 Å². The Bertz CT molecular complexity index is 604. The first kappa shape index (κ1) is 15.6. The monoisotopic (exact) mass is 468 g/mol. The fourth-order valence-corrected chi connectivity index (χ4v) is 4.64. The van der Waals surface area contributed by atoms with E-state index in [-0.39, 0.29) is 11.1 Å². The van der Waals surface area contributed by atoms with Crippen LogP contribution in [0.3, 0.4) is 0 Å². The lowest BCUT2D eigenvalue weighted by atomic mass is 9.43. The fraction of sp³-hybridized carbons (Fsp3) is 0. The van der Waals surface area contributed by atoms with Gasteiger partial charge in [0.1, 0.15) is 0 Å². The molecule has 100 valence electrons. The largest absolute Gasteiger partial charge is 0.286 e. The van der Waals surface area contributed by atoms with E-state index in [4.69, 9.17) is 46.4 Å². The summed E-state index contributed by atoms with van der Waals surface area (Å²) in [5.74, 6) is 0. The van der Waals surface area contributed by atoms with Crippen molar-refractivity contribution in [1.82, 2.24) is 0 Å². The topological polar surface area (TPSA) is 0 Å². The molecule has 0 amide bonds. The summed E-state index contributed by atoms with van der Waals surface area (Å²) in [6.07, 6.45) is 0. The van der Waals surface area contributed by atoms with E-state index in [1.54, 1.807) is 0 Å². The van der Waals surface area contributed by atoms with Crippen LogP contribution in [0, 0.1) is 0 Å². The van der Waals surface area contributed by atoms with Crippen LogP contribution in [-0.4, -0.2) is 11.1 Å². The van der Waals surface area contributed by atoms with E-state index in [1.807, 2.05) is 24.3 Å². The maximum atomic E-state index is 6.13. The number of halogens is 6. The van der Waals surface area contributed by atoms with Gasteiger partial charge in [0.15, 0.2) is 0 Å². The van der Waals surface area contributed by atoms with Gasteiger partial charge in [-0.25, -0.2) is 0 Å². The van der Waals surface area contributed by atoms with Crippen LogP contribution < -0.4 is 21.9 Å². The van der Waals surface area contributed by atoms with E-state index in [1.165, 1.54) is 0 Å². The number of benzene rings is 2. The van der Waals surface area contributed by atoms with Crippen molar-refractivity contribution in [3.8, 4) is 0 Å². The van der Waals surface area contributed by atoms with Crippen molar-refractivity contribution in [2.75, 3.05) is 0 Å². The van der Waals surface area contributed by atoms with Crippen LogP contribution in [0.4, 0.5) is 0 Å². The molecule has 0 bridgehead atoms. The van der Waals surface area contributed by atoms with Gasteiger partial charge in [0.05, 0.1) is 20.1 Å². The Labute approximate surface area is 154 Å². The van der Waals surface area contributed by atoms with E-state index in [9.17, 15) is 0 Å². The average molecular weight is 471 g/mol. The first-order valence-electron chi connectivity index (χ1n) is 5.66. The maximum absolute atomic E-state index is 6.13. The molecule has 1 aliphatic heterocycles. The second-order valence-electron chi connectivity index (χ2n) is 4.52. The molecule has 2 aromatic carbocycles. The van der Waals surface area contributed by atoms with Gasteiger partial charge in [-0.3, -0.25) is 0 Å². The molecule has 0 radical (unpaired) electrons. The summed E-state index contributed by atoms with van der Waals surface area (Å²) in [6, 6.07) is 7.55. The van der Waals surface area contributed by atoms with Crippen molar-refractivity contribution in [3.05, 3.63) is 44.4 Å². The van der Waals surface area contributed by atoms with Crippen molar-refractivity contribution in [1.29, 1.82) is 0 Å². The van der Waals surface area contributed by atoms with Crippen molar-refractivity contribution in [2.24, 2.45) is 0 Å². The lowest BCUT2D eigenvalue weighted by Crippen LogP contribution is -2.64. The van der Waals surface area contributed by atoms with Gasteiger partial charge in [0.25, 0.3) is 11.1 Å². The highest BCUT2D eigenvalue weighted by Crippen LogP contribution is 2.24. The minimum absolute atomic E-state index is 0.00540. The molecule has 0 N–H and O–H groups in total. The number of rotatable bonds is 0. The predicted octanol–water partition coefficient (Wildman–Crippen LogP) is 3.61. The molecule has 3 rings (SSSR count). The van der Waals surface area contributed by atoms with Crippen LogP contribution in [-0.2, 0) is 0 Å². The predicted molar refractivity (Wildman–Crippen MR) is 101 cm³/mol. The standard InChI is InChI=1S/C12H4B2Br2Cl4/c15-13-5-1-9(17)10(18)2-6(5)14(16)8-4-12(20)11(19)3-7(8)13/h1-4H. The zero-order chi connectivity index (χ0) is 14.6. The second-order valence-corrected chi connectivity index (χ2v) is 7.98. The molecule has 0 fully saturated rings. The fourth-order valence-electron chi connectivity index (χ4n) is 2.37. The molecule has 1 heterocycles. The van der Waals surface area contributed by atoms with Crippen LogP contribution in [0.1, 0.15) is 0 Å². The molecule has 20 heavy (non-hydrogen) atoms. The summed E-state index contributed by atoms with van der Waals surface area (Å²) in [7, 11) is 0. The van der Waals surface area contributed by atoms with E-state index in [0.29, 0.717) is 20.1 Å². The van der Waals surface area contributed by atoms with Gasteiger partial charge >= 0.3 is 0 Å². The average Bonchev–Trinajstić information content (AvgIpc) is 2.41. The van der Waals surface area contributed by atoms with E-state index >= 15 is 0 Å². The molecule has 0 saturated carbocycles. The third-order valence-electron chi connectivity index (χ3n) is 3.34.